The van der Waals surface area contributed by atoms with Crippen LogP contribution in [-0.2, 0) is 9.59 Å². The number of aromatic amines is 1. The number of H-pyrrole nitrogens is 1. The van der Waals surface area contributed by atoms with Gasteiger partial charge in [-0.3, -0.25) is 0 Å². The molecule has 0 fully saturated rings. The van der Waals surface area contributed by atoms with Crippen molar-refractivity contribution >= 4 is 27.9 Å². The van der Waals surface area contributed by atoms with E-state index in [4.69, 9.17) is 0 Å². The van der Waals surface area contributed by atoms with Gasteiger partial charge in [-0.1, -0.05) is 34.1 Å². The second-order valence-corrected chi connectivity index (χ2v) is 6.90. The first-order chi connectivity index (χ1) is 12.8. The summed E-state index contributed by atoms with van der Waals surface area (Å²) in [6.07, 6.45) is 3.87. The number of hydrogen-bond acceptors (Lipinski definition) is 5. The minimum Gasteiger partial charge on any atom is -0.545 e. The highest BCUT2D eigenvalue weighted by molar-refractivity contribution is 9.10. The van der Waals surface area contributed by atoms with Gasteiger partial charge in [0.2, 0.25) is 0 Å². The molecule has 1 aromatic heterocycles. The van der Waals surface area contributed by atoms with Gasteiger partial charge in [-0.15, -0.1) is 0 Å². The van der Waals surface area contributed by atoms with E-state index in [2.05, 4.69) is 76.3 Å². The summed E-state index contributed by atoms with van der Waals surface area (Å²) in [6.45, 7) is 1.07. The van der Waals surface area contributed by atoms with Crippen LogP contribution in [0.4, 0.5) is 0 Å². The van der Waals surface area contributed by atoms with Crippen molar-refractivity contribution in [2.24, 2.45) is 0 Å². The Labute approximate surface area is 167 Å². The summed E-state index contributed by atoms with van der Waals surface area (Å²) < 4.78 is 1.12. The zero-order valence-electron chi connectivity index (χ0n) is 15.2. The second-order valence-electron chi connectivity index (χ2n) is 5.99. The Kier molecular flexibility index (Phi) is 10.00. The molecule has 0 aliphatic rings. The van der Waals surface area contributed by atoms with Crippen molar-refractivity contribution in [2.75, 3.05) is 20.6 Å². The summed E-state index contributed by atoms with van der Waals surface area (Å²) in [5.74, 6) is -2.68. The number of aliphatic carboxylic acids is 2. The molecule has 0 amide bonds. The average molecular weight is 434 g/mol. The Hall–Kier alpha value is -2.51. The van der Waals surface area contributed by atoms with Crippen LogP contribution in [0.25, 0.3) is 0 Å². The molecule has 0 bridgehead atoms. The first kappa shape index (κ1) is 22.5. The number of pyridine rings is 1. The van der Waals surface area contributed by atoms with Gasteiger partial charge in [-0.25, -0.2) is 4.98 Å². The van der Waals surface area contributed by atoms with Crippen LogP contribution in [0.5, 0.6) is 0 Å². The molecule has 0 unspecified atom stereocenters. The lowest BCUT2D eigenvalue weighted by Gasteiger charge is -2.16. The number of hydrogen-bond donors (Lipinski definition) is 0. The largest absolute Gasteiger partial charge is 0.545 e. The zero-order valence-corrected chi connectivity index (χ0v) is 16.8. The number of carbonyl (C=O) groups excluding carboxylic acids is 2. The third-order valence-corrected chi connectivity index (χ3v) is 4.13. The predicted octanol–water partition coefficient (Wildman–Crippen LogP) is 0.389. The molecule has 6 nitrogen and oxygen atoms in total. The SMILES string of the molecule is CN(C)CC[C@@H](c1ccc(Br)cc1)c1cccc[nH+]1.O=C([O-])/C=C\C(=O)[O-]. The lowest BCUT2D eigenvalue weighted by molar-refractivity contribution is -0.392. The molecule has 0 aliphatic carbocycles. The van der Waals surface area contributed by atoms with Gasteiger partial charge in [0, 0.05) is 16.6 Å². The van der Waals surface area contributed by atoms with Gasteiger partial charge in [0.25, 0.3) is 0 Å². The van der Waals surface area contributed by atoms with E-state index in [0.717, 1.165) is 17.4 Å². The van der Waals surface area contributed by atoms with Crippen LogP contribution in [0.15, 0.2) is 65.3 Å². The van der Waals surface area contributed by atoms with Gasteiger partial charge in [-0.2, -0.15) is 0 Å². The Bertz CT molecular complexity index is 730. The van der Waals surface area contributed by atoms with E-state index in [0.29, 0.717) is 18.1 Å². The first-order valence-electron chi connectivity index (χ1n) is 8.26. The van der Waals surface area contributed by atoms with Crippen LogP contribution < -0.4 is 15.2 Å². The molecule has 0 saturated carbocycles. The maximum atomic E-state index is 9.41. The summed E-state index contributed by atoms with van der Waals surface area (Å²) in [4.78, 5) is 24.4. The average Bonchev–Trinajstić information content (AvgIpc) is 2.63. The van der Waals surface area contributed by atoms with Crippen LogP contribution >= 0.6 is 15.9 Å². The Morgan fingerprint density at radius 3 is 2.11 bits per heavy atom. The number of rotatable bonds is 7. The molecule has 144 valence electrons. The third kappa shape index (κ3) is 9.67. The smallest absolute Gasteiger partial charge is 0.187 e. The van der Waals surface area contributed by atoms with Crippen LogP contribution in [0.1, 0.15) is 23.6 Å². The molecule has 1 N–H and O–H groups in total. The van der Waals surface area contributed by atoms with Crippen molar-refractivity contribution in [3.05, 3.63) is 76.5 Å². The molecular weight excluding hydrogens is 412 g/mol. The highest BCUT2D eigenvalue weighted by atomic mass is 79.9. The predicted molar refractivity (Wildman–Crippen MR) is 101 cm³/mol. The van der Waals surface area contributed by atoms with E-state index in [9.17, 15) is 19.8 Å². The van der Waals surface area contributed by atoms with E-state index >= 15 is 0 Å². The fourth-order valence-electron chi connectivity index (χ4n) is 2.34. The molecule has 27 heavy (non-hydrogen) atoms. The maximum Gasteiger partial charge on any atom is 0.187 e. The Morgan fingerprint density at radius 2 is 1.67 bits per heavy atom. The number of carboxylic acids is 2. The molecule has 0 spiro atoms. The maximum absolute atomic E-state index is 9.41. The van der Waals surface area contributed by atoms with Gasteiger partial charge in [-0.05, 0) is 56.9 Å². The molecule has 7 heteroatoms. The molecule has 0 radical (unpaired) electrons. The number of carboxylic acid groups (broad SMARTS) is 2. The minimum atomic E-state index is -1.55. The van der Waals surface area contributed by atoms with Crippen LogP contribution in [0.3, 0.4) is 0 Å². The monoisotopic (exact) mass is 433 g/mol. The molecule has 0 saturated heterocycles. The number of carbonyl (C=O) groups is 2. The van der Waals surface area contributed by atoms with Crippen molar-refractivity contribution < 1.29 is 24.8 Å². The molecular formula is C20H22BrN2O4-. The second kappa shape index (κ2) is 12.0. The van der Waals surface area contributed by atoms with E-state index in [1.165, 1.54) is 11.3 Å². The van der Waals surface area contributed by atoms with Crippen molar-refractivity contribution in [3.8, 4) is 0 Å². The van der Waals surface area contributed by atoms with E-state index in [1.807, 2.05) is 12.3 Å². The van der Waals surface area contributed by atoms with Crippen molar-refractivity contribution in [2.45, 2.75) is 12.3 Å². The lowest BCUT2D eigenvalue weighted by Crippen LogP contribution is -2.23. The standard InChI is InChI=1S/C16H19BrN2.C4H4O4/c1-19(2)12-10-15(16-5-3-4-11-18-16)13-6-8-14(17)9-7-13;5-3(6)1-2-4(7)8/h3-9,11,15H,10,12H2,1-2H3;1-2H,(H,5,6)(H,7,8)/p-1/b;2-1-/t15-;/m0./s1. The number of nitrogens with zero attached hydrogens (tertiary/aromatic N) is 1. The number of benzene rings is 1. The Morgan fingerprint density at radius 1 is 1.07 bits per heavy atom. The van der Waals surface area contributed by atoms with E-state index in [-0.39, 0.29) is 0 Å². The minimum absolute atomic E-state index is 0.384. The molecule has 2 rings (SSSR count). The van der Waals surface area contributed by atoms with Crippen molar-refractivity contribution in [3.63, 3.8) is 0 Å². The summed E-state index contributed by atoms with van der Waals surface area (Å²) >= 11 is 3.50. The highest BCUT2D eigenvalue weighted by Gasteiger charge is 2.19. The van der Waals surface area contributed by atoms with Gasteiger partial charge in [0.15, 0.2) is 11.9 Å². The van der Waals surface area contributed by atoms with Crippen molar-refractivity contribution in [1.29, 1.82) is 0 Å². The summed E-state index contributed by atoms with van der Waals surface area (Å²) in [6, 6.07) is 14.9. The molecule has 1 atom stereocenters. The molecule has 1 aromatic carbocycles. The van der Waals surface area contributed by atoms with Gasteiger partial charge < -0.3 is 24.7 Å². The number of aromatic nitrogens is 1. The quantitative estimate of drug-likeness (QED) is 0.588. The normalized spacial score (nSPS) is 11.7. The van der Waals surface area contributed by atoms with Crippen LogP contribution in [0, 0.1) is 0 Å². The lowest BCUT2D eigenvalue weighted by atomic mass is 9.92. The topological polar surface area (TPSA) is 97.6 Å². The van der Waals surface area contributed by atoms with Gasteiger partial charge in [0.05, 0.1) is 17.9 Å². The fourth-order valence-corrected chi connectivity index (χ4v) is 2.61. The summed E-state index contributed by atoms with van der Waals surface area (Å²) in [7, 11) is 4.24. The van der Waals surface area contributed by atoms with E-state index in [1.54, 1.807) is 0 Å². The third-order valence-electron chi connectivity index (χ3n) is 3.60. The Balaban J connectivity index is 0.000000387. The van der Waals surface area contributed by atoms with E-state index < -0.39 is 11.9 Å². The molecule has 2 aromatic rings. The molecule has 1 heterocycles. The number of halogens is 1. The van der Waals surface area contributed by atoms with Crippen LogP contribution in [-0.4, -0.2) is 37.5 Å². The highest BCUT2D eigenvalue weighted by Crippen LogP contribution is 2.26. The first-order valence-corrected chi connectivity index (χ1v) is 9.05. The zero-order chi connectivity index (χ0) is 20.2. The fraction of sp³-hybridized carbons (Fsp3) is 0.250. The number of nitrogens with one attached hydrogen (secondary N) is 1. The summed E-state index contributed by atoms with van der Waals surface area (Å²) in [5, 5.41) is 18.8. The summed E-state index contributed by atoms with van der Waals surface area (Å²) in [5.41, 5.74) is 2.62. The molecule has 0 aliphatic heterocycles. The van der Waals surface area contributed by atoms with Crippen LogP contribution in [0.2, 0.25) is 0 Å². The van der Waals surface area contributed by atoms with Gasteiger partial charge in [0.1, 0.15) is 0 Å². The van der Waals surface area contributed by atoms with Crippen molar-refractivity contribution in [1.82, 2.24) is 4.90 Å². The van der Waals surface area contributed by atoms with Gasteiger partial charge >= 0.3 is 0 Å².